The van der Waals surface area contributed by atoms with Crippen LogP contribution in [0.4, 0.5) is 0 Å². The van der Waals surface area contributed by atoms with Gasteiger partial charge in [0.2, 0.25) is 0 Å². The first-order chi connectivity index (χ1) is 6.31. The second-order valence-corrected chi connectivity index (χ2v) is 7.28. The van der Waals surface area contributed by atoms with Crippen molar-refractivity contribution in [2.24, 2.45) is 0 Å². The summed E-state index contributed by atoms with van der Waals surface area (Å²) in [4.78, 5) is 0. The van der Waals surface area contributed by atoms with Gasteiger partial charge in [0.15, 0.2) is 3.23 Å². The van der Waals surface area contributed by atoms with Crippen molar-refractivity contribution < 1.29 is 15.3 Å². The van der Waals surface area contributed by atoms with Crippen LogP contribution in [0.3, 0.4) is 0 Å². The van der Waals surface area contributed by atoms with Gasteiger partial charge in [-0.15, -0.1) is 0 Å². The van der Waals surface area contributed by atoms with Crippen LogP contribution in [0, 0.1) is 0 Å². The van der Waals surface area contributed by atoms with Gasteiger partial charge in [-0.1, -0.05) is 70.9 Å². The molecule has 0 aliphatic heterocycles. The molecule has 0 aliphatic rings. The molecule has 0 spiro atoms. The van der Waals surface area contributed by atoms with Crippen LogP contribution < -0.4 is 0 Å². The lowest BCUT2D eigenvalue weighted by Crippen LogP contribution is -2.45. The monoisotopic (exact) mass is 332 g/mol. The molecule has 0 amide bonds. The van der Waals surface area contributed by atoms with Gasteiger partial charge in [0.05, 0.1) is 0 Å². The Balaban J connectivity index is 3.67. The van der Waals surface area contributed by atoms with Gasteiger partial charge >= 0.3 is 5.97 Å². The molecule has 0 aromatic rings. The van der Waals surface area contributed by atoms with E-state index in [4.69, 9.17) is 15.3 Å². The van der Waals surface area contributed by atoms with E-state index in [1.165, 1.54) is 12.8 Å². The smallest absolute Gasteiger partial charge is 0.302 e. The summed E-state index contributed by atoms with van der Waals surface area (Å²) in [5, 5.41) is 26.9. The maximum absolute atomic E-state index is 8.97. The SMILES string of the molecule is CCCCCCCC(Br)(Br)C(O)(O)O. The fourth-order valence-electron chi connectivity index (χ4n) is 1.12. The quantitative estimate of drug-likeness (QED) is 0.381. The van der Waals surface area contributed by atoms with Gasteiger partial charge < -0.3 is 15.3 Å². The largest absolute Gasteiger partial charge is 0.342 e. The lowest BCUT2D eigenvalue weighted by atomic mass is 10.1. The Morgan fingerprint density at radius 2 is 1.43 bits per heavy atom. The second kappa shape index (κ2) is 6.43. The summed E-state index contributed by atoms with van der Waals surface area (Å²) in [6.07, 6.45) is 5.84. The minimum atomic E-state index is -2.72. The average Bonchev–Trinajstić information content (AvgIpc) is 2.02. The highest BCUT2D eigenvalue weighted by Gasteiger charge is 2.44. The molecule has 14 heavy (non-hydrogen) atoms. The summed E-state index contributed by atoms with van der Waals surface area (Å²) in [5.74, 6) is -2.72. The van der Waals surface area contributed by atoms with Crippen LogP contribution in [-0.2, 0) is 0 Å². The zero-order chi connectivity index (χ0) is 11.2. The Bertz CT molecular complexity index is 155. The first-order valence-electron chi connectivity index (χ1n) is 4.86. The van der Waals surface area contributed by atoms with E-state index in [9.17, 15) is 0 Å². The Labute approximate surface area is 102 Å². The normalized spacial score (nSPS) is 13.3. The van der Waals surface area contributed by atoms with E-state index in [1.54, 1.807) is 0 Å². The van der Waals surface area contributed by atoms with E-state index < -0.39 is 9.21 Å². The van der Waals surface area contributed by atoms with Gasteiger partial charge in [0.25, 0.3) is 0 Å². The highest BCUT2D eigenvalue weighted by Crippen LogP contribution is 2.39. The predicted octanol–water partition coefficient (Wildman–Crippen LogP) is 2.46. The van der Waals surface area contributed by atoms with Crippen molar-refractivity contribution in [3.05, 3.63) is 0 Å². The van der Waals surface area contributed by atoms with Crippen molar-refractivity contribution >= 4 is 31.9 Å². The molecule has 0 atom stereocenters. The Hall–Kier alpha value is 0.840. The zero-order valence-electron chi connectivity index (χ0n) is 8.34. The first-order valence-corrected chi connectivity index (χ1v) is 6.45. The van der Waals surface area contributed by atoms with Gasteiger partial charge in [-0.25, -0.2) is 0 Å². The second-order valence-electron chi connectivity index (χ2n) is 3.50. The van der Waals surface area contributed by atoms with E-state index in [0.29, 0.717) is 6.42 Å². The van der Waals surface area contributed by atoms with Crippen molar-refractivity contribution in [2.75, 3.05) is 0 Å². The number of alkyl halides is 2. The van der Waals surface area contributed by atoms with Crippen molar-refractivity contribution in [3.63, 3.8) is 0 Å². The molecule has 0 fully saturated rings. The van der Waals surface area contributed by atoms with E-state index in [2.05, 4.69) is 38.8 Å². The minimum Gasteiger partial charge on any atom is -0.342 e. The maximum atomic E-state index is 8.97. The molecule has 5 heteroatoms. The van der Waals surface area contributed by atoms with Crippen LogP contribution in [0.15, 0.2) is 0 Å². The molecule has 0 aliphatic carbocycles. The Kier molecular flexibility index (Phi) is 6.81. The van der Waals surface area contributed by atoms with Crippen LogP contribution in [0.1, 0.15) is 45.4 Å². The molecule has 86 valence electrons. The van der Waals surface area contributed by atoms with E-state index in [1.807, 2.05) is 0 Å². The number of aliphatic hydroxyl groups is 3. The third-order valence-electron chi connectivity index (χ3n) is 2.09. The molecular formula is C9H18Br2O3. The average molecular weight is 334 g/mol. The van der Waals surface area contributed by atoms with Crippen molar-refractivity contribution in [2.45, 2.75) is 54.7 Å². The van der Waals surface area contributed by atoms with Crippen molar-refractivity contribution in [1.82, 2.24) is 0 Å². The van der Waals surface area contributed by atoms with Crippen molar-refractivity contribution in [1.29, 1.82) is 0 Å². The fourth-order valence-corrected chi connectivity index (χ4v) is 1.68. The number of rotatable bonds is 7. The van der Waals surface area contributed by atoms with E-state index in [0.717, 1.165) is 19.3 Å². The third kappa shape index (κ3) is 5.66. The summed E-state index contributed by atoms with van der Waals surface area (Å²) < 4.78 is -1.22. The fraction of sp³-hybridized carbons (Fsp3) is 1.00. The lowest BCUT2D eigenvalue weighted by molar-refractivity contribution is -0.314. The summed E-state index contributed by atoms with van der Waals surface area (Å²) >= 11 is 6.08. The lowest BCUT2D eigenvalue weighted by Gasteiger charge is -2.29. The van der Waals surface area contributed by atoms with Crippen LogP contribution in [0.25, 0.3) is 0 Å². The first kappa shape index (κ1) is 14.8. The molecule has 0 bridgehead atoms. The molecular weight excluding hydrogens is 316 g/mol. The standard InChI is InChI=1S/C9H18Br2O3/c1-2-3-4-5-6-7-8(10,11)9(12,13)14/h12-14H,2-7H2,1H3. The molecule has 0 heterocycles. The van der Waals surface area contributed by atoms with E-state index >= 15 is 0 Å². The highest BCUT2D eigenvalue weighted by atomic mass is 79.9. The molecule has 0 aromatic heterocycles. The Morgan fingerprint density at radius 3 is 1.86 bits per heavy atom. The van der Waals surface area contributed by atoms with Gasteiger partial charge in [-0.2, -0.15) is 0 Å². The van der Waals surface area contributed by atoms with Gasteiger partial charge in [-0.3, -0.25) is 0 Å². The van der Waals surface area contributed by atoms with Gasteiger partial charge in [-0.05, 0) is 6.42 Å². The molecule has 3 N–H and O–H groups in total. The summed E-state index contributed by atoms with van der Waals surface area (Å²) in [6, 6.07) is 0. The maximum Gasteiger partial charge on any atom is 0.302 e. The minimum absolute atomic E-state index is 0.459. The predicted molar refractivity (Wildman–Crippen MR) is 63.3 cm³/mol. The van der Waals surface area contributed by atoms with Crippen LogP contribution in [-0.4, -0.2) is 24.5 Å². The van der Waals surface area contributed by atoms with Crippen molar-refractivity contribution in [3.8, 4) is 0 Å². The van der Waals surface area contributed by atoms with Crippen LogP contribution >= 0.6 is 31.9 Å². The molecule has 0 saturated carbocycles. The summed E-state index contributed by atoms with van der Waals surface area (Å²) in [5.41, 5.74) is 0. The Morgan fingerprint density at radius 1 is 0.929 bits per heavy atom. The molecule has 0 saturated heterocycles. The molecule has 0 radical (unpaired) electrons. The molecule has 0 rings (SSSR count). The topological polar surface area (TPSA) is 60.7 Å². The van der Waals surface area contributed by atoms with Gasteiger partial charge in [0, 0.05) is 0 Å². The number of hydrogen-bond donors (Lipinski definition) is 3. The van der Waals surface area contributed by atoms with Crippen LogP contribution in [0.5, 0.6) is 0 Å². The summed E-state index contributed by atoms with van der Waals surface area (Å²) in [7, 11) is 0. The number of halogens is 2. The molecule has 3 nitrogen and oxygen atoms in total. The highest BCUT2D eigenvalue weighted by molar-refractivity contribution is 9.25. The summed E-state index contributed by atoms with van der Waals surface area (Å²) in [6.45, 7) is 2.14. The third-order valence-corrected chi connectivity index (χ3v) is 3.94. The number of unbranched alkanes of at least 4 members (excludes halogenated alkanes) is 4. The zero-order valence-corrected chi connectivity index (χ0v) is 11.5. The van der Waals surface area contributed by atoms with Gasteiger partial charge in [0.1, 0.15) is 0 Å². The number of hydrogen-bond acceptors (Lipinski definition) is 3. The molecule has 0 aromatic carbocycles. The van der Waals surface area contributed by atoms with E-state index in [-0.39, 0.29) is 0 Å². The van der Waals surface area contributed by atoms with Crippen LogP contribution in [0.2, 0.25) is 0 Å². The molecule has 0 unspecified atom stereocenters.